The second-order valence-corrected chi connectivity index (χ2v) is 7.70. The number of benzene rings is 2. The Morgan fingerprint density at radius 1 is 1.07 bits per heavy atom. The summed E-state index contributed by atoms with van der Waals surface area (Å²) in [4.78, 5) is 26.7. The zero-order valence-corrected chi connectivity index (χ0v) is 16.1. The van der Waals surface area contributed by atoms with E-state index in [1.807, 2.05) is 42.5 Å². The summed E-state index contributed by atoms with van der Waals surface area (Å²) in [6.07, 6.45) is 4.44. The van der Waals surface area contributed by atoms with Crippen molar-refractivity contribution >= 4 is 17.5 Å². The van der Waals surface area contributed by atoms with Gasteiger partial charge in [-0.1, -0.05) is 36.4 Å². The van der Waals surface area contributed by atoms with Crippen LogP contribution in [0, 0.1) is 0 Å². The van der Waals surface area contributed by atoms with E-state index in [4.69, 9.17) is 0 Å². The zero-order chi connectivity index (χ0) is 19.3. The standard InChI is InChI=1S/C23H27N3O2/c27-21(8-5-15-26-13-3-4-14-26)24-19-11-9-17(10-12-19)23-20-7-2-1-6-18(20)16-22(28)25-23/h1-2,6-7,9-12,23H,3-5,8,13-16H2,(H,24,27)(H,25,28). The fraction of sp³-hybridized carbons (Fsp3) is 0.391. The van der Waals surface area contributed by atoms with E-state index >= 15 is 0 Å². The van der Waals surface area contributed by atoms with Crippen LogP contribution in [0.5, 0.6) is 0 Å². The molecule has 0 saturated carbocycles. The first-order chi connectivity index (χ1) is 13.7. The Kier molecular flexibility index (Phi) is 5.72. The molecule has 2 aromatic rings. The molecule has 2 aromatic carbocycles. The normalized spacial score (nSPS) is 19.1. The van der Waals surface area contributed by atoms with E-state index < -0.39 is 0 Å². The monoisotopic (exact) mass is 377 g/mol. The highest BCUT2D eigenvalue weighted by Crippen LogP contribution is 2.29. The largest absolute Gasteiger partial charge is 0.345 e. The Labute approximate surface area is 166 Å². The average molecular weight is 377 g/mol. The molecule has 2 heterocycles. The summed E-state index contributed by atoms with van der Waals surface area (Å²) in [5, 5.41) is 6.05. The number of carbonyl (C=O) groups excluding carboxylic acids is 2. The van der Waals surface area contributed by atoms with Crippen LogP contribution in [0.25, 0.3) is 0 Å². The average Bonchev–Trinajstić information content (AvgIpc) is 3.21. The van der Waals surface area contributed by atoms with Crippen LogP contribution >= 0.6 is 0 Å². The van der Waals surface area contributed by atoms with Crippen LogP contribution in [0.2, 0.25) is 0 Å². The summed E-state index contributed by atoms with van der Waals surface area (Å²) in [6, 6.07) is 15.7. The summed E-state index contributed by atoms with van der Waals surface area (Å²) in [6.45, 7) is 3.35. The van der Waals surface area contributed by atoms with E-state index in [0.717, 1.165) is 35.3 Å². The highest BCUT2D eigenvalue weighted by Gasteiger charge is 2.25. The number of anilines is 1. The number of nitrogens with one attached hydrogen (secondary N) is 2. The molecule has 1 atom stereocenters. The van der Waals surface area contributed by atoms with Crippen LogP contribution in [0.4, 0.5) is 5.69 Å². The summed E-state index contributed by atoms with van der Waals surface area (Å²) in [5.74, 6) is 0.0994. The van der Waals surface area contributed by atoms with Crippen molar-refractivity contribution in [2.45, 2.75) is 38.1 Å². The van der Waals surface area contributed by atoms with Crippen molar-refractivity contribution in [2.24, 2.45) is 0 Å². The lowest BCUT2D eigenvalue weighted by atomic mass is 9.89. The number of hydrogen-bond donors (Lipinski definition) is 2. The van der Waals surface area contributed by atoms with Crippen LogP contribution in [0.1, 0.15) is 48.4 Å². The number of carbonyl (C=O) groups is 2. The molecule has 1 saturated heterocycles. The molecule has 0 aromatic heterocycles. The smallest absolute Gasteiger partial charge is 0.225 e. The van der Waals surface area contributed by atoms with Gasteiger partial charge in [-0.25, -0.2) is 0 Å². The van der Waals surface area contributed by atoms with Gasteiger partial charge in [0, 0.05) is 12.1 Å². The molecule has 2 amide bonds. The van der Waals surface area contributed by atoms with Gasteiger partial charge >= 0.3 is 0 Å². The lowest BCUT2D eigenvalue weighted by molar-refractivity contribution is -0.121. The molecule has 2 aliphatic rings. The van der Waals surface area contributed by atoms with Gasteiger partial charge < -0.3 is 15.5 Å². The number of nitrogens with zero attached hydrogens (tertiary/aromatic N) is 1. The van der Waals surface area contributed by atoms with Crippen LogP contribution in [-0.4, -0.2) is 36.3 Å². The van der Waals surface area contributed by atoms with Crippen molar-refractivity contribution in [3.05, 3.63) is 65.2 Å². The number of amides is 2. The molecule has 1 fully saturated rings. The maximum atomic E-state index is 12.2. The third kappa shape index (κ3) is 4.42. The van der Waals surface area contributed by atoms with Crippen molar-refractivity contribution in [2.75, 3.05) is 25.0 Å². The van der Waals surface area contributed by atoms with Gasteiger partial charge in [0.1, 0.15) is 0 Å². The first kappa shape index (κ1) is 18.7. The van der Waals surface area contributed by atoms with E-state index in [1.54, 1.807) is 0 Å². The second-order valence-electron chi connectivity index (χ2n) is 7.70. The minimum absolute atomic E-state index is 0.0408. The van der Waals surface area contributed by atoms with Gasteiger partial charge in [0.05, 0.1) is 12.5 Å². The van der Waals surface area contributed by atoms with E-state index in [9.17, 15) is 9.59 Å². The molecule has 2 N–H and O–H groups in total. The SMILES string of the molecule is O=C(CCCN1CCCC1)Nc1ccc(C2NC(=O)Cc3ccccc32)cc1. The van der Waals surface area contributed by atoms with Gasteiger partial charge in [-0.2, -0.15) is 0 Å². The molecular weight excluding hydrogens is 350 g/mol. The van der Waals surface area contributed by atoms with Gasteiger partial charge in [0.25, 0.3) is 0 Å². The number of hydrogen-bond acceptors (Lipinski definition) is 3. The molecule has 1 unspecified atom stereocenters. The Morgan fingerprint density at radius 2 is 1.82 bits per heavy atom. The minimum Gasteiger partial charge on any atom is -0.345 e. The molecule has 5 heteroatoms. The van der Waals surface area contributed by atoms with Crippen molar-refractivity contribution in [3.63, 3.8) is 0 Å². The summed E-state index contributed by atoms with van der Waals surface area (Å²) >= 11 is 0. The first-order valence-electron chi connectivity index (χ1n) is 10.2. The number of fused-ring (bicyclic) bond motifs is 1. The van der Waals surface area contributed by atoms with E-state index in [1.165, 1.54) is 25.9 Å². The maximum Gasteiger partial charge on any atom is 0.225 e. The van der Waals surface area contributed by atoms with Crippen molar-refractivity contribution < 1.29 is 9.59 Å². The van der Waals surface area contributed by atoms with Gasteiger partial charge in [0.2, 0.25) is 11.8 Å². The third-order valence-electron chi connectivity index (χ3n) is 5.63. The van der Waals surface area contributed by atoms with Crippen LogP contribution in [0.15, 0.2) is 48.5 Å². The topological polar surface area (TPSA) is 61.4 Å². The fourth-order valence-electron chi connectivity index (χ4n) is 4.15. The Balaban J connectivity index is 1.35. The first-order valence-corrected chi connectivity index (χ1v) is 10.2. The van der Waals surface area contributed by atoms with Crippen LogP contribution in [0.3, 0.4) is 0 Å². The van der Waals surface area contributed by atoms with Crippen molar-refractivity contribution in [1.82, 2.24) is 10.2 Å². The van der Waals surface area contributed by atoms with Gasteiger partial charge in [0.15, 0.2) is 0 Å². The second kappa shape index (κ2) is 8.57. The molecule has 0 aliphatic carbocycles. The van der Waals surface area contributed by atoms with Gasteiger partial charge in [-0.15, -0.1) is 0 Å². The zero-order valence-electron chi connectivity index (χ0n) is 16.1. The lowest BCUT2D eigenvalue weighted by Crippen LogP contribution is -2.35. The van der Waals surface area contributed by atoms with Gasteiger partial charge in [-0.05, 0) is 67.7 Å². The van der Waals surface area contributed by atoms with Crippen molar-refractivity contribution in [1.29, 1.82) is 0 Å². The van der Waals surface area contributed by atoms with Gasteiger partial charge in [-0.3, -0.25) is 9.59 Å². The van der Waals surface area contributed by atoms with Crippen molar-refractivity contribution in [3.8, 4) is 0 Å². The summed E-state index contributed by atoms with van der Waals surface area (Å²) in [7, 11) is 0. The van der Waals surface area contributed by atoms with E-state index in [0.29, 0.717) is 12.8 Å². The molecule has 0 radical (unpaired) electrons. The molecule has 0 spiro atoms. The molecule has 146 valence electrons. The highest BCUT2D eigenvalue weighted by atomic mass is 16.2. The Hall–Kier alpha value is -2.66. The lowest BCUT2D eigenvalue weighted by Gasteiger charge is -2.27. The summed E-state index contributed by atoms with van der Waals surface area (Å²) < 4.78 is 0. The number of likely N-dealkylation sites (tertiary alicyclic amines) is 1. The molecule has 4 rings (SSSR count). The Morgan fingerprint density at radius 3 is 2.61 bits per heavy atom. The molecule has 5 nitrogen and oxygen atoms in total. The number of rotatable bonds is 6. The molecule has 0 bridgehead atoms. The molecule has 28 heavy (non-hydrogen) atoms. The third-order valence-corrected chi connectivity index (χ3v) is 5.63. The van der Waals surface area contributed by atoms with E-state index in [2.05, 4.69) is 21.6 Å². The molecular formula is C23H27N3O2. The summed E-state index contributed by atoms with van der Waals surface area (Å²) in [5.41, 5.74) is 4.03. The predicted molar refractivity (Wildman–Crippen MR) is 110 cm³/mol. The minimum atomic E-state index is -0.136. The molecule has 2 aliphatic heterocycles. The highest BCUT2D eigenvalue weighted by molar-refractivity contribution is 5.90. The maximum absolute atomic E-state index is 12.2. The van der Waals surface area contributed by atoms with Crippen LogP contribution in [-0.2, 0) is 16.0 Å². The Bertz CT molecular complexity index is 841. The fourth-order valence-corrected chi connectivity index (χ4v) is 4.15. The quantitative estimate of drug-likeness (QED) is 0.812. The predicted octanol–water partition coefficient (Wildman–Crippen LogP) is 3.26. The van der Waals surface area contributed by atoms with Crippen LogP contribution < -0.4 is 10.6 Å². The van der Waals surface area contributed by atoms with E-state index in [-0.39, 0.29) is 17.9 Å².